The van der Waals surface area contributed by atoms with E-state index in [4.69, 9.17) is 0 Å². The zero-order chi connectivity index (χ0) is 17.6. The van der Waals surface area contributed by atoms with E-state index in [1.165, 1.54) is 11.1 Å². The fourth-order valence-corrected chi connectivity index (χ4v) is 4.15. The summed E-state index contributed by atoms with van der Waals surface area (Å²) in [5.74, 6) is 0.00803. The van der Waals surface area contributed by atoms with E-state index in [1.807, 2.05) is 35.4 Å². The van der Waals surface area contributed by atoms with E-state index in [0.29, 0.717) is 5.69 Å². The van der Waals surface area contributed by atoms with E-state index in [9.17, 15) is 4.79 Å². The van der Waals surface area contributed by atoms with Crippen molar-refractivity contribution in [2.24, 2.45) is 0 Å². The van der Waals surface area contributed by atoms with E-state index >= 15 is 0 Å². The van der Waals surface area contributed by atoms with Crippen LogP contribution in [0, 0.1) is 0 Å². The molecule has 0 radical (unpaired) electrons. The molecule has 2 unspecified atom stereocenters. The first-order valence-electron chi connectivity index (χ1n) is 8.64. The number of hydrogen-bond acceptors (Lipinski definition) is 2. The van der Waals surface area contributed by atoms with Crippen LogP contribution in [0.25, 0.3) is 5.52 Å². The Morgan fingerprint density at radius 1 is 1.28 bits per heavy atom. The van der Waals surface area contributed by atoms with Crippen LogP contribution in [0.3, 0.4) is 0 Å². The first-order valence-corrected chi connectivity index (χ1v) is 9.43. The number of fused-ring (bicyclic) bond motifs is 2. The van der Waals surface area contributed by atoms with Crippen molar-refractivity contribution < 1.29 is 4.79 Å². The Kier molecular flexibility index (Phi) is 4.12. The molecule has 4 nitrogen and oxygen atoms in total. The minimum absolute atomic E-state index is 0.00803. The number of hydrogen-bond donors (Lipinski definition) is 0. The molecule has 0 aliphatic carbocycles. The molecule has 2 aromatic heterocycles. The van der Waals surface area contributed by atoms with Crippen molar-refractivity contribution in [1.82, 2.24) is 14.5 Å². The summed E-state index contributed by atoms with van der Waals surface area (Å²) in [6.45, 7) is 4.26. The highest BCUT2D eigenvalue weighted by Crippen LogP contribution is 2.35. The Morgan fingerprint density at radius 3 is 2.88 bits per heavy atom. The molecule has 3 aromatic rings. The van der Waals surface area contributed by atoms with Crippen LogP contribution in [0.15, 0.2) is 53.1 Å². The van der Waals surface area contributed by atoms with Crippen molar-refractivity contribution >= 4 is 27.4 Å². The molecule has 0 fully saturated rings. The predicted octanol–water partition coefficient (Wildman–Crippen LogP) is 4.63. The highest BCUT2D eigenvalue weighted by Gasteiger charge is 2.35. The number of nitrogens with zero attached hydrogens (tertiary/aromatic N) is 3. The number of benzene rings is 1. The molecule has 0 bridgehead atoms. The van der Waals surface area contributed by atoms with Crippen LogP contribution >= 0.6 is 15.9 Å². The molecule has 3 heterocycles. The molecular weight excluding hydrogens is 378 g/mol. The van der Waals surface area contributed by atoms with Gasteiger partial charge in [-0.25, -0.2) is 4.52 Å². The van der Waals surface area contributed by atoms with Crippen LogP contribution in [0.4, 0.5) is 0 Å². The van der Waals surface area contributed by atoms with Gasteiger partial charge in [-0.2, -0.15) is 5.10 Å². The third-order valence-corrected chi connectivity index (χ3v) is 5.59. The topological polar surface area (TPSA) is 37.6 Å². The molecule has 0 spiro atoms. The van der Waals surface area contributed by atoms with Crippen LogP contribution in [0.1, 0.15) is 47.9 Å². The molecule has 5 heteroatoms. The second kappa shape index (κ2) is 6.30. The molecule has 0 saturated heterocycles. The van der Waals surface area contributed by atoms with Gasteiger partial charge in [0.2, 0.25) is 0 Å². The lowest BCUT2D eigenvalue weighted by molar-refractivity contribution is 0.0544. The molecule has 25 heavy (non-hydrogen) atoms. The predicted molar refractivity (Wildman–Crippen MR) is 102 cm³/mol. The van der Waals surface area contributed by atoms with Gasteiger partial charge < -0.3 is 4.90 Å². The Labute approximate surface area is 155 Å². The fourth-order valence-electron chi connectivity index (χ4n) is 3.83. The summed E-state index contributed by atoms with van der Waals surface area (Å²) in [7, 11) is 0. The van der Waals surface area contributed by atoms with Gasteiger partial charge in [-0.15, -0.1) is 0 Å². The SMILES string of the molecule is CCC1Cc2ccccc2C(C)N1C(=O)c1cc2ccc(Br)cn2n1. The van der Waals surface area contributed by atoms with Gasteiger partial charge in [0, 0.05) is 16.7 Å². The van der Waals surface area contributed by atoms with Crippen molar-refractivity contribution in [2.75, 3.05) is 0 Å². The van der Waals surface area contributed by atoms with E-state index in [2.05, 4.69) is 53.1 Å². The van der Waals surface area contributed by atoms with E-state index in [-0.39, 0.29) is 18.0 Å². The molecule has 0 saturated carbocycles. The normalized spacial score (nSPS) is 19.9. The third-order valence-electron chi connectivity index (χ3n) is 5.12. The third kappa shape index (κ3) is 2.76. The highest BCUT2D eigenvalue weighted by atomic mass is 79.9. The van der Waals surface area contributed by atoms with Crippen molar-refractivity contribution in [1.29, 1.82) is 0 Å². The smallest absolute Gasteiger partial charge is 0.275 e. The molecular formula is C20H20BrN3O. The Bertz CT molecular complexity index is 949. The Hall–Kier alpha value is -2.14. The van der Waals surface area contributed by atoms with E-state index in [0.717, 1.165) is 22.8 Å². The van der Waals surface area contributed by atoms with Crippen molar-refractivity contribution in [3.63, 3.8) is 0 Å². The van der Waals surface area contributed by atoms with Gasteiger partial charge in [-0.05, 0) is 65.0 Å². The first kappa shape index (κ1) is 16.3. The number of aromatic nitrogens is 2. The molecule has 2 atom stereocenters. The average molecular weight is 398 g/mol. The number of carbonyl (C=O) groups excluding carboxylic acids is 1. The quantitative estimate of drug-likeness (QED) is 0.631. The highest BCUT2D eigenvalue weighted by molar-refractivity contribution is 9.10. The molecule has 1 amide bonds. The summed E-state index contributed by atoms with van der Waals surface area (Å²) in [6, 6.07) is 14.5. The van der Waals surface area contributed by atoms with Crippen molar-refractivity contribution in [3.05, 3.63) is 70.0 Å². The maximum Gasteiger partial charge on any atom is 0.275 e. The summed E-state index contributed by atoms with van der Waals surface area (Å²) in [4.78, 5) is 15.3. The number of halogens is 1. The second-order valence-electron chi connectivity index (χ2n) is 6.60. The van der Waals surface area contributed by atoms with Gasteiger partial charge in [0.05, 0.1) is 11.6 Å². The molecule has 128 valence electrons. The number of pyridine rings is 1. The zero-order valence-electron chi connectivity index (χ0n) is 14.3. The average Bonchev–Trinajstić information content (AvgIpc) is 3.04. The lowest BCUT2D eigenvalue weighted by Gasteiger charge is -2.41. The van der Waals surface area contributed by atoms with Crippen LogP contribution in [0.5, 0.6) is 0 Å². The molecule has 1 aliphatic rings. The number of carbonyl (C=O) groups is 1. The monoisotopic (exact) mass is 397 g/mol. The van der Waals surface area contributed by atoms with Gasteiger partial charge in [0.15, 0.2) is 5.69 Å². The zero-order valence-corrected chi connectivity index (χ0v) is 15.9. The first-order chi connectivity index (χ1) is 12.1. The van der Waals surface area contributed by atoms with Crippen molar-refractivity contribution in [3.8, 4) is 0 Å². The fraction of sp³-hybridized carbons (Fsp3) is 0.300. The van der Waals surface area contributed by atoms with Gasteiger partial charge >= 0.3 is 0 Å². The summed E-state index contributed by atoms with van der Waals surface area (Å²) in [5, 5.41) is 4.50. The van der Waals surface area contributed by atoms with Crippen molar-refractivity contribution in [2.45, 2.75) is 38.8 Å². The lowest BCUT2D eigenvalue weighted by atomic mass is 9.87. The molecule has 1 aliphatic heterocycles. The molecule has 4 rings (SSSR count). The van der Waals surface area contributed by atoms with Gasteiger partial charge in [-0.1, -0.05) is 31.2 Å². The summed E-state index contributed by atoms with van der Waals surface area (Å²) in [5.41, 5.74) is 4.02. The minimum Gasteiger partial charge on any atom is -0.327 e. The summed E-state index contributed by atoms with van der Waals surface area (Å²) >= 11 is 3.45. The van der Waals surface area contributed by atoms with Crippen LogP contribution in [-0.4, -0.2) is 26.5 Å². The van der Waals surface area contributed by atoms with Gasteiger partial charge in [0.1, 0.15) is 0 Å². The second-order valence-corrected chi connectivity index (χ2v) is 7.52. The number of rotatable bonds is 2. The van der Waals surface area contributed by atoms with Crippen LogP contribution in [0.2, 0.25) is 0 Å². The van der Waals surface area contributed by atoms with E-state index in [1.54, 1.807) is 4.52 Å². The Balaban J connectivity index is 1.74. The van der Waals surface area contributed by atoms with Gasteiger partial charge in [-0.3, -0.25) is 4.79 Å². The number of amides is 1. The van der Waals surface area contributed by atoms with Gasteiger partial charge in [0.25, 0.3) is 5.91 Å². The summed E-state index contributed by atoms with van der Waals surface area (Å²) in [6.07, 6.45) is 3.71. The maximum absolute atomic E-state index is 13.3. The maximum atomic E-state index is 13.3. The molecule has 1 aromatic carbocycles. The van der Waals surface area contributed by atoms with Crippen LogP contribution in [-0.2, 0) is 6.42 Å². The summed E-state index contributed by atoms with van der Waals surface area (Å²) < 4.78 is 2.69. The standard InChI is InChI=1S/C20H20BrN3O/c1-3-16-10-14-6-4-5-7-18(14)13(2)24(16)20(25)19-11-17-9-8-15(21)12-23(17)22-19/h4-9,11-13,16H,3,10H2,1-2H3. The minimum atomic E-state index is 0.00803. The van der Waals surface area contributed by atoms with Crippen LogP contribution < -0.4 is 0 Å². The Morgan fingerprint density at radius 2 is 2.08 bits per heavy atom. The lowest BCUT2D eigenvalue weighted by Crippen LogP contribution is -2.46. The van der Waals surface area contributed by atoms with E-state index < -0.39 is 0 Å². The largest absolute Gasteiger partial charge is 0.327 e. The molecule has 0 N–H and O–H groups in total.